The number of hydrogen-bond donors (Lipinski definition) is 1. The molecule has 0 aliphatic carbocycles. The molecule has 1 amide bonds. The van der Waals surface area contributed by atoms with Gasteiger partial charge in [0.1, 0.15) is 0 Å². The number of amides is 1. The van der Waals surface area contributed by atoms with Gasteiger partial charge in [0.05, 0.1) is 17.7 Å². The number of piperazine rings is 1. The zero-order chi connectivity index (χ0) is 20.5. The summed E-state index contributed by atoms with van der Waals surface area (Å²) in [6, 6.07) is 8.31. The van der Waals surface area contributed by atoms with Gasteiger partial charge in [-0.25, -0.2) is 0 Å². The van der Waals surface area contributed by atoms with E-state index in [2.05, 4.69) is 29.0 Å². The van der Waals surface area contributed by atoms with Gasteiger partial charge >= 0.3 is 7.12 Å². The molecule has 2 aliphatic rings. The molecule has 0 atom stereocenters. The molecule has 2 heterocycles. The van der Waals surface area contributed by atoms with Crippen molar-refractivity contribution in [3.8, 4) is 0 Å². The standard InChI is InChI=1S/C21H34BN3O3/c1-16(2)25-13-11-24(12-14-25)15-19(26)23-18-9-7-17(8-10-18)22-27-20(3,4)21(5,6)28-22/h7-10,16H,11-15H2,1-6H3,(H,23,26). The van der Waals surface area contributed by atoms with Crippen molar-refractivity contribution in [3.05, 3.63) is 24.3 Å². The molecule has 1 aromatic rings. The summed E-state index contributed by atoms with van der Waals surface area (Å²) in [5.74, 6) is 0.0291. The lowest BCUT2D eigenvalue weighted by atomic mass is 9.79. The van der Waals surface area contributed by atoms with Crippen molar-refractivity contribution in [3.63, 3.8) is 0 Å². The van der Waals surface area contributed by atoms with Crippen LogP contribution >= 0.6 is 0 Å². The molecule has 2 saturated heterocycles. The monoisotopic (exact) mass is 387 g/mol. The van der Waals surface area contributed by atoms with E-state index in [4.69, 9.17) is 9.31 Å². The Morgan fingerprint density at radius 1 is 1.04 bits per heavy atom. The molecule has 0 unspecified atom stereocenters. The fraction of sp³-hybridized carbons (Fsp3) is 0.667. The maximum absolute atomic E-state index is 12.4. The Balaban J connectivity index is 1.50. The normalized spacial score (nSPS) is 22.6. The van der Waals surface area contributed by atoms with Crippen LogP contribution in [0, 0.1) is 0 Å². The number of nitrogens with zero attached hydrogens (tertiary/aromatic N) is 2. The van der Waals surface area contributed by atoms with Gasteiger partial charge in [0.25, 0.3) is 0 Å². The zero-order valence-electron chi connectivity index (χ0n) is 18.1. The predicted octanol–water partition coefficient (Wildman–Crippen LogP) is 1.95. The van der Waals surface area contributed by atoms with Gasteiger partial charge in [0, 0.05) is 37.9 Å². The Hall–Kier alpha value is -1.41. The fourth-order valence-electron chi connectivity index (χ4n) is 3.54. The quantitative estimate of drug-likeness (QED) is 0.783. The number of hydrogen-bond acceptors (Lipinski definition) is 5. The average molecular weight is 387 g/mol. The van der Waals surface area contributed by atoms with E-state index in [0.717, 1.165) is 37.3 Å². The van der Waals surface area contributed by atoms with E-state index >= 15 is 0 Å². The molecule has 0 radical (unpaired) electrons. The third kappa shape index (κ3) is 4.77. The van der Waals surface area contributed by atoms with E-state index in [1.54, 1.807) is 0 Å². The molecule has 28 heavy (non-hydrogen) atoms. The maximum Gasteiger partial charge on any atom is 0.494 e. The molecule has 1 N–H and O–H groups in total. The first kappa shape index (κ1) is 21.3. The number of rotatable bonds is 5. The lowest BCUT2D eigenvalue weighted by Crippen LogP contribution is -2.50. The largest absolute Gasteiger partial charge is 0.494 e. The van der Waals surface area contributed by atoms with E-state index in [1.165, 1.54) is 0 Å². The van der Waals surface area contributed by atoms with E-state index in [0.29, 0.717) is 12.6 Å². The molecular formula is C21H34BN3O3. The summed E-state index contributed by atoms with van der Waals surface area (Å²) in [5.41, 5.74) is 1.04. The maximum atomic E-state index is 12.4. The molecule has 0 spiro atoms. The molecule has 1 aromatic carbocycles. The first-order valence-electron chi connectivity index (χ1n) is 10.3. The molecular weight excluding hydrogens is 353 g/mol. The summed E-state index contributed by atoms with van der Waals surface area (Å²) >= 11 is 0. The van der Waals surface area contributed by atoms with Crippen molar-refractivity contribution in [2.24, 2.45) is 0 Å². The minimum absolute atomic E-state index is 0.0291. The summed E-state index contributed by atoms with van der Waals surface area (Å²) in [5, 5.41) is 3.00. The summed E-state index contributed by atoms with van der Waals surface area (Å²) in [7, 11) is -0.382. The van der Waals surface area contributed by atoms with Crippen LogP contribution in [0.4, 0.5) is 5.69 Å². The van der Waals surface area contributed by atoms with Crippen molar-refractivity contribution in [1.29, 1.82) is 0 Å². The van der Waals surface area contributed by atoms with Gasteiger partial charge in [-0.2, -0.15) is 0 Å². The molecule has 3 rings (SSSR count). The van der Waals surface area contributed by atoms with Crippen LogP contribution < -0.4 is 10.8 Å². The van der Waals surface area contributed by atoms with Crippen molar-refractivity contribution in [1.82, 2.24) is 9.80 Å². The third-order valence-corrected chi connectivity index (χ3v) is 6.22. The molecule has 2 fully saturated rings. The highest BCUT2D eigenvalue weighted by molar-refractivity contribution is 6.62. The first-order chi connectivity index (χ1) is 13.1. The Labute approximate surface area is 169 Å². The number of benzene rings is 1. The summed E-state index contributed by atoms with van der Waals surface area (Å²) in [6.45, 7) is 17.0. The molecule has 154 valence electrons. The van der Waals surface area contributed by atoms with E-state index in [1.807, 2.05) is 52.0 Å². The Morgan fingerprint density at radius 3 is 2.07 bits per heavy atom. The van der Waals surface area contributed by atoms with Gasteiger partial charge in [0.2, 0.25) is 5.91 Å². The van der Waals surface area contributed by atoms with Crippen molar-refractivity contribution < 1.29 is 14.1 Å². The van der Waals surface area contributed by atoms with E-state index in [9.17, 15) is 4.79 Å². The number of carbonyl (C=O) groups excluding carboxylic acids is 1. The molecule has 2 aliphatic heterocycles. The fourth-order valence-corrected chi connectivity index (χ4v) is 3.54. The summed E-state index contributed by atoms with van der Waals surface area (Å²) in [6.07, 6.45) is 0. The molecule has 0 saturated carbocycles. The highest BCUT2D eigenvalue weighted by atomic mass is 16.7. The van der Waals surface area contributed by atoms with E-state index in [-0.39, 0.29) is 24.2 Å². The second-order valence-corrected chi connectivity index (χ2v) is 9.16. The van der Waals surface area contributed by atoms with Crippen molar-refractivity contribution >= 4 is 24.2 Å². The second kappa shape index (κ2) is 8.15. The highest BCUT2D eigenvalue weighted by Gasteiger charge is 2.51. The number of anilines is 1. The second-order valence-electron chi connectivity index (χ2n) is 9.16. The van der Waals surface area contributed by atoms with Gasteiger partial charge in [-0.05, 0) is 59.1 Å². The molecule has 7 heteroatoms. The number of nitrogens with one attached hydrogen (secondary N) is 1. The third-order valence-electron chi connectivity index (χ3n) is 6.22. The van der Waals surface area contributed by atoms with Crippen molar-refractivity contribution in [2.75, 3.05) is 38.0 Å². The van der Waals surface area contributed by atoms with E-state index < -0.39 is 0 Å². The van der Waals surface area contributed by atoms with Gasteiger partial charge in [0.15, 0.2) is 0 Å². The minimum Gasteiger partial charge on any atom is -0.399 e. The average Bonchev–Trinajstić information content (AvgIpc) is 2.83. The number of carbonyl (C=O) groups is 1. The zero-order valence-corrected chi connectivity index (χ0v) is 18.1. The van der Waals surface area contributed by atoms with Crippen LogP contribution in [0.3, 0.4) is 0 Å². The smallest absolute Gasteiger partial charge is 0.399 e. The SMILES string of the molecule is CC(C)N1CCN(CC(=O)Nc2ccc(B3OC(C)(C)C(C)(C)O3)cc2)CC1. The minimum atomic E-state index is -0.382. The highest BCUT2D eigenvalue weighted by Crippen LogP contribution is 2.36. The lowest BCUT2D eigenvalue weighted by Gasteiger charge is -2.36. The Bertz CT molecular complexity index is 667. The molecule has 6 nitrogen and oxygen atoms in total. The van der Waals surface area contributed by atoms with Crippen LogP contribution in [0.15, 0.2) is 24.3 Å². The lowest BCUT2D eigenvalue weighted by molar-refractivity contribution is -0.117. The Kier molecular flexibility index (Phi) is 6.20. The Morgan fingerprint density at radius 2 is 1.57 bits per heavy atom. The van der Waals surface area contributed by atoms with Crippen molar-refractivity contribution in [2.45, 2.75) is 58.8 Å². The van der Waals surface area contributed by atoms with Gasteiger partial charge in [-0.1, -0.05) is 12.1 Å². The summed E-state index contributed by atoms with van der Waals surface area (Å²) < 4.78 is 12.2. The molecule has 0 aromatic heterocycles. The van der Waals surface area contributed by atoms with Crippen LogP contribution in [-0.2, 0) is 14.1 Å². The van der Waals surface area contributed by atoms with Crippen LogP contribution in [0.2, 0.25) is 0 Å². The predicted molar refractivity (Wildman–Crippen MR) is 114 cm³/mol. The first-order valence-corrected chi connectivity index (χ1v) is 10.3. The van der Waals surface area contributed by atoms with Gasteiger partial charge in [-0.15, -0.1) is 0 Å². The van der Waals surface area contributed by atoms with Gasteiger partial charge in [-0.3, -0.25) is 14.6 Å². The summed E-state index contributed by atoms with van der Waals surface area (Å²) in [4.78, 5) is 17.1. The van der Waals surface area contributed by atoms with Gasteiger partial charge < -0.3 is 14.6 Å². The van der Waals surface area contributed by atoms with Crippen LogP contribution in [0.1, 0.15) is 41.5 Å². The van der Waals surface area contributed by atoms with Crippen LogP contribution in [-0.4, -0.2) is 72.8 Å². The van der Waals surface area contributed by atoms with Crippen LogP contribution in [0.5, 0.6) is 0 Å². The molecule has 0 bridgehead atoms. The topological polar surface area (TPSA) is 54.0 Å². The van der Waals surface area contributed by atoms with Crippen LogP contribution in [0.25, 0.3) is 0 Å².